The zero-order chi connectivity index (χ0) is 27.2. The number of hydrogen-bond donors (Lipinski definition) is 6. The van der Waals surface area contributed by atoms with Crippen molar-refractivity contribution in [1.29, 1.82) is 10.8 Å². The molecule has 1 saturated heterocycles. The van der Waals surface area contributed by atoms with Gasteiger partial charge in [-0.25, -0.2) is 4.79 Å². The monoisotopic (exact) mass is 530 g/mol. The number of ether oxygens (including phenoxy) is 1. The lowest BCUT2D eigenvalue weighted by Crippen LogP contribution is -2.51. The van der Waals surface area contributed by atoms with E-state index < -0.39 is 21.7 Å². The maximum absolute atomic E-state index is 13.5. The van der Waals surface area contributed by atoms with Gasteiger partial charge in [0.2, 0.25) is 0 Å². The number of phenolic OH excluding ortho intramolecular Hbond substituents is 1. The molecule has 200 valence electrons. The van der Waals surface area contributed by atoms with Crippen molar-refractivity contribution in [2.75, 3.05) is 26.3 Å². The van der Waals surface area contributed by atoms with Crippen molar-refractivity contribution < 1.29 is 28.5 Å². The second kappa shape index (κ2) is 12.3. The van der Waals surface area contributed by atoms with Gasteiger partial charge in [-0.15, -0.1) is 10.6 Å². The molecular formula is C26H34N4O6S. The van der Waals surface area contributed by atoms with Crippen LogP contribution in [0.25, 0.3) is 0 Å². The molecule has 2 aromatic carbocycles. The zero-order valence-corrected chi connectivity index (χ0v) is 21.8. The molecule has 0 aliphatic carbocycles. The van der Waals surface area contributed by atoms with Crippen LogP contribution in [0.3, 0.4) is 0 Å². The number of rotatable bonds is 9. The van der Waals surface area contributed by atoms with Crippen molar-refractivity contribution in [3.63, 3.8) is 0 Å². The number of aromatic hydroxyl groups is 1. The third kappa shape index (κ3) is 7.39. The Labute approximate surface area is 218 Å². The molecule has 1 aliphatic rings. The number of benzene rings is 2. The minimum atomic E-state index is -3.70. The van der Waals surface area contributed by atoms with Gasteiger partial charge in [-0.3, -0.25) is 19.3 Å². The maximum Gasteiger partial charge on any atom is 0.318 e. The van der Waals surface area contributed by atoms with Gasteiger partial charge in [0.15, 0.2) is 10.8 Å². The van der Waals surface area contributed by atoms with E-state index in [1.807, 2.05) is 13.8 Å². The molecule has 0 radical (unpaired) electrons. The summed E-state index contributed by atoms with van der Waals surface area (Å²) < 4.78 is 26.6. The summed E-state index contributed by atoms with van der Waals surface area (Å²) in [6, 6.07) is 10.6. The fourth-order valence-corrected chi connectivity index (χ4v) is 5.06. The van der Waals surface area contributed by atoms with E-state index in [1.165, 1.54) is 36.4 Å². The van der Waals surface area contributed by atoms with Crippen molar-refractivity contribution in [2.24, 2.45) is 5.92 Å². The van der Waals surface area contributed by atoms with Gasteiger partial charge in [0, 0.05) is 25.1 Å². The number of carbonyl (C=O) groups is 2. The summed E-state index contributed by atoms with van der Waals surface area (Å²) in [5.41, 5.74) is 0.838. The molecule has 10 nitrogen and oxygen atoms in total. The largest absolute Gasteiger partial charge is 0.508 e. The summed E-state index contributed by atoms with van der Waals surface area (Å²) in [7, 11) is -3.70. The molecule has 37 heavy (non-hydrogen) atoms. The van der Waals surface area contributed by atoms with Gasteiger partial charge in [0.05, 0.1) is 29.9 Å². The van der Waals surface area contributed by atoms with Gasteiger partial charge in [0.1, 0.15) is 5.75 Å². The molecule has 0 saturated carbocycles. The number of nitrogens with zero attached hydrogens (tertiary/aromatic N) is 1. The van der Waals surface area contributed by atoms with Crippen LogP contribution in [0.4, 0.5) is 4.79 Å². The molecule has 11 heteroatoms. The number of carbonyl (C=O) groups excluding carboxylic acids is 2. The van der Waals surface area contributed by atoms with Gasteiger partial charge >= 0.3 is 6.03 Å². The topological polar surface area (TPSA) is 167 Å². The number of Topliss-reactive ketones (excluding diaryl/α,β-unsaturated/α-hetero) is 1. The Balaban J connectivity index is 1.81. The molecule has 1 fully saturated rings. The van der Waals surface area contributed by atoms with Crippen LogP contribution >= 0.6 is 10.6 Å². The van der Waals surface area contributed by atoms with Crippen molar-refractivity contribution in [2.45, 2.75) is 37.6 Å². The number of hydrogen-bond acceptors (Lipinski definition) is 8. The molecule has 0 aromatic heterocycles. The number of urea groups is 1. The first-order valence-electron chi connectivity index (χ1n) is 12.0. The standard InChI is InChI=1S/C26H34N4O6S/c1-17(2)15-22(27)25(28)37(34,35)21-9-5-19(6-10-21)24(32)23(16-18-3-7-20(31)8-4-18)29-26(33)30-11-13-36-14-12-30/h3-10,17,23,27-28,31,34-35H,11-16H2,1-2H3,(H,29,33)/t23-/m0/s1. The van der Waals surface area contributed by atoms with Crippen LogP contribution in [0.2, 0.25) is 0 Å². The SMILES string of the molecule is CC(C)CC(=N)C(=N)S(O)(O)c1ccc(C(=O)[C@H](Cc2ccc(O)cc2)NC(=O)N2CCOCC2)cc1. The van der Waals surface area contributed by atoms with E-state index in [9.17, 15) is 23.8 Å². The summed E-state index contributed by atoms with van der Waals surface area (Å²) in [6.45, 7) is 5.41. The molecule has 1 aliphatic heterocycles. The molecule has 0 bridgehead atoms. The molecule has 1 heterocycles. The highest BCUT2D eigenvalue weighted by atomic mass is 32.3. The molecule has 1 atom stereocenters. The Bertz CT molecular complexity index is 1130. The molecule has 2 amide bonds. The maximum atomic E-state index is 13.5. The molecule has 0 spiro atoms. The van der Waals surface area contributed by atoms with Gasteiger partial charge in [-0.05, 0) is 54.3 Å². The summed E-state index contributed by atoms with van der Waals surface area (Å²) >= 11 is 0. The summed E-state index contributed by atoms with van der Waals surface area (Å²) in [5.74, 6) is -0.202. The molecule has 3 rings (SSSR count). The zero-order valence-electron chi connectivity index (χ0n) is 20.9. The number of morpholine rings is 1. The van der Waals surface area contributed by atoms with Crippen LogP contribution in [0.5, 0.6) is 5.75 Å². The molecular weight excluding hydrogens is 496 g/mol. The van der Waals surface area contributed by atoms with Crippen molar-refractivity contribution >= 4 is 33.2 Å². The lowest BCUT2D eigenvalue weighted by atomic mass is 9.97. The molecule has 6 N–H and O–H groups in total. The lowest BCUT2D eigenvalue weighted by Gasteiger charge is -2.33. The first kappa shape index (κ1) is 28.3. The normalized spacial score (nSPS) is 15.2. The summed E-state index contributed by atoms with van der Waals surface area (Å²) in [4.78, 5) is 27.9. The molecule has 0 unspecified atom stereocenters. The van der Waals surface area contributed by atoms with Gasteiger partial charge in [-0.2, -0.15) is 0 Å². The van der Waals surface area contributed by atoms with Crippen LogP contribution in [-0.4, -0.2) is 74.0 Å². The van der Waals surface area contributed by atoms with Crippen LogP contribution in [0.1, 0.15) is 36.2 Å². The Hall–Kier alpha value is -3.25. The van der Waals surface area contributed by atoms with Crippen molar-refractivity contribution in [1.82, 2.24) is 10.2 Å². The smallest absolute Gasteiger partial charge is 0.318 e. The van der Waals surface area contributed by atoms with E-state index in [0.29, 0.717) is 26.3 Å². The minimum Gasteiger partial charge on any atom is -0.508 e. The second-order valence-electron chi connectivity index (χ2n) is 9.32. The minimum absolute atomic E-state index is 0.0370. The average Bonchev–Trinajstić information content (AvgIpc) is 2.88. The first-order valence-corrected chi connectivity index (χ1v) is 13.5. The number of amides is 2. The van der Waals surface area contributed by atoms with Gasteiger partial charge in [0.25, 0.3) is 0 Å². The van der Waals surface area contributed by atoms with Gasteiger partial charge in [-0.1, -0.05) is 26.0 Å². The molecule has 2 aromatic rings. The predicted molar refractivity (Wildman–Crippen MR) is 143 cm³/mol. The highest BCUT2D eigenvalue weighted by Crippen LogP contribution is 2.49. The second-order valence-corrected chi connectivity index (χ2v) is 11.3. The fraction of sp³-hybridized carbons (Fsp3) is 0.385. The number of phenols is 1. The third-order valence-electron chi connectivity index (χ3n) is 5.93. The van der Waals surface area contributed by atoms with Crippen molar-refractivity contribution in [3.8, 4) is 5.75 Å². The van der Waals surface area contributed by atoms with Crippen LogP contribution < -0.4 is 5.32 Å². The van der Waals surface area contributed by atoms with E-state index in [0.717, 1.165) is 5.56 Å². The van der Waals surface area contributed by atoms with Crippen LogP contribution in [-0.2, 0) is 11.2 Å². The van der Waals surface area contributed by atoms with Crippen molar-refractivity contribution in [3.05, 3.63) is 59.7 Å². The highest BCUT2D eigenvalue weighted by Gasteiger charge is 2.28. The lowest BCUT2D eigenvalue weighted by molar-refractivity contribution is 0.0522. The quantitative estimate of drug-likeness (QED) is 0.160. The van der Waals surface area contributed by atoms with E-state index >= 15 is 0 Å². The summed E-state index contributed by atoms with van der Waals surface area (Å²) in [6.07, 6.45) is 0.427. The van der Waals surface area contributed by atoms with Gasteiger partial charge < -0.3 is 25.5 Å². The fourth-order valence-electron chi connectivity index (χ4n) is 3.88. The van der Waals surface area contributed by atoms with E-state index in [4.69, 9.17) is 15.6 Å². The summed E-state index contributed by atoms with van der Waals surface area (Å²) in [5, 5.41) is 28.0. The Morgan fingerprint density at radius 3 is 2.19 bits per heavy atom. The first-order chi connectivity index (χ1) is 17.5. The third-order valence-corrected chi connectivity index (χ3v) is 7.67. The Morgan fingerprint density at radius 2 is 1.62 bits per heavy atom. The van der Waals surface area contributed by atoms with E-state index in [-0.39, 0.29) is 52.5 Å². The van der Waals surface area contributed by atoms with E-state index in [2.05, 4.69) is 5.32 Å². The van der Waals surface area contributed by atoms with Crippen LogP contribution in [0, 0.1) is 16.7 Å². The Morgan fingerprint density at radius 1 is 1.03 bits per heavy atom. The van der Waals surface area contributed by atoms with E-state index in [1.54, 1.807) is 17.0 Å². The average molecular weight is 531 g/mol. The Kier molecular flexibility index (Phi) is 9.44. The highest BCUT2D eigenvalue weighted by molar-refractivity contribution is 8.38. The van der Waals surface area contributed by atoms with Crippen LogP contribution in [0.15, 0.2) is 53.4 Å². The number of ketones is 1. The predicted octanol–water partition coefficient (Wildman–Crippen LogP) is 4.38. The number of nitrogens with one attached hydrogen (secondary N) is 3.